The quantitative estimate of drug-likeness (QED) is 0.592. The number of hydrogen-bond acceptors (Lipinski definition) is 4. The highest BCUT2D eigenvalue weighted by Crippen LogP contribution is 1.98. The van der Waals surface area contributed by atoms with Crippen LogP contribution in [0.15, 0.2) is 0 Å². The van der Waals surface area contributed by atoms with Gasteiger partial charge in [-0.3, -0.25) is 0 Å². The monoisotopic (exact) mass is 192 g/mol. The summed E-state index contributed by atoms with van der Waals surface area (Å²) in [6, 6.07) is -1.37. The van der Waals surface area contributed by atoms with E-state index < -0.39 is 18.0 Å². The molecule has 0 saturated heterocycles. The molecule has 5 nitrogen and oxygen atoms in total. The number of amides is 2. The van der Waals surface area contributed by atoms with Gasteiger partial charge in [-0.25, -0.2) is 9.59 Å². The third kappa shape index (κ3) is 4.07. The number of nitrogens with one attached hydrogen (secondary N) is 1. The number of nitrogens with two attached hydrogens (primary N) is 1. The van der Waals surface area contributed by atoms with Gasteiger partial charge in [0.1, 0.15) is 6.04 Å². The second-order valence-corrected chi connectivity index (χ2v) is 2.95. The zero-order valence-electron chi connectivity index (χ0n) is 6.99. The first kappa shape index (κ1) is 11.1. The van der Waals surface area contributed by atoms with Gasteiger partial charge in [0, 0.05) is 5.75 Å². The van der Waals surface area contributed by atoms with E-state index in [4.69, 9.17) is 5.73 Å². The summed E-state index contributed by atoms with van der Waals surface area (Å²) in [4.78, 5) is 21.3. The van der Waals surface area contributed by atoms with Crippen molar-refractivity contribution in [3.05, 3.63) is 0 Å². The molecule has 0 radical (unpaired) electrons. The molecule has 1 atom stereocenters. The second-order valence-electron chi connectivity index (χ2n) is 2.04. The van der Waals surface area contributed by atoms with Crippen molar-refractivity contribution < 1.29 is 14.3 Å². The Morgan fingerprint density at radius 3 is 2.58 bits per heavy atom. The molecule has 0 rings (SSSR count). The van der Waals surface area contributed by atoms with Crippen LogP contribution in [0.3, 0.4) is 0 Å². The van der Waals surface area contributed by atoms with Crippen molar-refractivity contribution in [3.8, 4) is 0 Å². The van der Waals surface area contributed by atoms with E-state index in [0.29, 0.717) is 5.75 Å². The first-order chi connectivity index (χ1) is 5.61. The zero-order valence-corrected chi connectivity index (χ0v) is 7.81. The number of esters is 1. The Hall–Kier alpha value is -0.910. The molecule has 0 spiro atoms. The lowest BCUT2D eigenvalue weighted by Crippen LogP contribution is -2.45. The van der Waals surface area contributed by atoms with Gasteiger partial charge in [0.05, 0.1) is 7.11 Å². The van der Waals surface area contributed by atoms with E-state index in [1.165, 1.54) is 18.9 Å². The van der Waals surface area contributed by atoms with Crippen LogP contribution in [0.4, 0.5) is 4.79 Å². The molecule has 0 heterocycles. The molecule has 3 N–H and O–H groups in total. The first-order valence-corrected chi connectivity index (χ1v) is 4.64. The van der Waals surface area contributed by atoms with Gasteiger partial charge in [-0.05, 0) is 6.26 Å². The van der Waals surface area contributed by atoms with Crippen LogP contribution < -0.4 is 11.1 Å². The van der Waals surface area contributed by atoms with Gasteiger partial charge >= 0.3 is 12.0 Å². The number of ether oxygens (including phenoxy) is 1. The fraction of sp³-hybridized carbons (Fsp3) is 0.667. The van der Waals surface area contributed by atoms with Gasteiger partial charge in [0.25, 0.3) is 0 Å². The van der Waals surface area contributed by atoms with E-state index in [-0.39, 0.29) is 0 Å². The number of hydrogen-bond donors (Lipinski definition) is 2. The maximum Gasteiger partial charge on any atom is 0.329 e. The van der Waals surface area contributed by atoms with Crippen LogP contribution in [0, 0.1) is 0 Å². The average molecular weight is 192 g/mol. The fourth-order valence-corrected chi connectivity index (χ4v) is 1.20. The van der Waals surface area contributed by atoms with Crippen LogP contribution in [0.25, 0.3) is 0 Å². The Bertz CT molecular complexity index is 174. The third-order valence-corrected chi connectivity index (χ3v) is 1.80. The number of carbonyl (C=O) groups is 2. The van der Waals surface area contributed by atoms with Crippen LogP contribution >= 0.6 is 11.8 Å². The second kappa shape index (κ2) is 5.70. The number of methoxy groups -OCH3 is 1. The van der Waals surface area contributed by atoms with Gasteiger partial charge in [-0.1, -0.05) is 0 Å². The molecule has 12 heavy (non-hydrogen) atoms. The number of urea groups is 1. The molecule has 0 bridgehead atoms. The van der Waals surface area contributed by atoms with E-state index in [0.717, 1.165) is 0 Å². The van der Waals surface area contributed by atoms with Gasteiger partial charge < -0.3 is 15.8 Å². The third-order valence-electron chi connectivity index (χ3n) is 1.14. The Kier molecular flexibility index (Phi) is 5.27. The lowest BCUT2D eigenvalue weighted by molar-refractivity contribution is -0.142. The minimum Gasteiger partial charge on any atom is -0.467 e. The van der Waals surface area contributed by atoms with Crippen molar-refractivity contribution in [2.24, 2.45) is 5.73 Å². The molecule has 70 valence electrons. The summed E-state index contributed by atoms with van der Waals surface area (Å²) in [5.74, 6) is -0.0292. The van der Waals surface area contributed by atoms with Gasteiger partial charge in [0.2, 0.25) is 0 Å². The predicted molar refractivity (Wildman–Crippen MR) is 46.9 cm³/mol. The number of thioether (sulfide) groups is 1. The minimum atomic E-state index is -0.723. The van der Waals surface area contributed by atoms with Crippen molar-refractivity contribution >= 4 is 23.8 Å². The SMILES string of the molecule is COC(=O)C(CSC)NC(N)=O. The largest absolute Gasteiger partial charge is 0.467 e. The molecule has 0 aromatic carbocycles. The van der Waals surface area contributed by atoms with Crippen LogP contribution in [0.1, 0.15) is 0 Å². The first-order valence-electron chi connectivity index (χ1n) is 3.24. The summed E-state index contributed by atoms with van der Waals surface area (Å²) in [6.45, 7) is 0. The lowest BCUT2D eigenvalue weighted by Gasteiger charge is -2.12. The van der Waals surface area contributed by atoms with Crippen molar-refractivity contribution in [2.75, 3.05) is 19.1 Å². The lowest BCUT2D eigenvalue weighted by atomic mass is 10.3. The van der Waals surface area contributed by atoms with Crippen molar-refractivity contribution in [2.45, 2.75) is 6.04 Å². The molecule has 0 aliphatic heterocycles. The molecular formula is C6H12N2O3S. The molecular weight excluding hydrogens is 180 g/mol. The van der Waals surface area contributed by atoms with Crippen LogP contribution in [0.5, 0.6) is 0 Å². The smallest absolute Gasteiger partial charge is 0.329 e. The Morgan fingerprint density at radius 2 is 2.25 bits per heavy atom. The molecule has 6 heteroatoms. The summed E-state index contributed by atoms with van der Waals surface area (Å²) in [5, 5.41) is 2.27. The highest BCUT2D eigenvalue weighted by Gasteiger charge is 2.19. The average Bonchev–Trinajstić information content (AvgIpc) is 2.01. The van der Waals surface area contributed by atoms with Gasteiger partial charge in [-0.2, -0.15) is 11.8 Å². The molecule has 0 saturated carbocycles. The normalized spacial score (nSPS) is 11.8. The van der Waals surface area contributed by atoms with Gasteiger partial charge in [-0.15, -0.1) is 0 Å². The Morgan fingerprint density at radius 1 is 1.67 bits per heavy atom. The van der Waals surface area contributed by atoms with E-state index >= 15 is 0 Å². The van der Waals surface area contributed by atoms with Crippen molar-refractivity contribution in [3.63, 3.8) is 0 Å². The number of carbonyl (C=O) groups excluding carboxylic acids is 2. The summed E-state index contributed by atoms with van der Waals surface area (Å²) in [6.07, 6.45) is 1.82. The van der Waals surface area contributed by atoms with Crippen molar-refractivity contribution in [1.29, 1.82) is 0 Å². The van der Waals surface area contributed by atoms with E-state index in [9.17, 15) is 9.59 Å². The molecule has 2 amide bonds. The van der Waals surface area contributed by atoms with Crippen molar-refractivity contribution in [1.82, 2.24) is 5.32 Å². The molecule has 0 aromatic rings. The van der Waals surface area contributed by atoms with Gasteiger partial charge in [0.15, 0.2) is 0 Å². The standard InChI is InChI=1S/C6H12N2O3S/c1-11-5(9)4(3-12-2)8-6(7)10/h4H,3H2,1-2H3,(H3,7,8,10). The predicted octanol–water partition coefficient (Wildman–Crippen LogP) is -0.441. The minimum absolute atomic E-state index is 0.454. The zero-order chi connectivity index (χ0) is 9.56. The summed E-state index contributed by atoms with van der Waals surface area (Å²) in [5.41, 5.74) is 4.85. The summed E-state index contributed by atoms with van der Waals surface area (Å²) < 4.78 is 4.44. The highest BCUT2D eigenvalue weighted by atomic mass is 32.2. The molecule has 1 unspecified atom stereocenters. The highest BCUT2D eigenvalue weighted by molar-refractivity contribution is 7.98. The van der Waals surface area contributed by atoms with Crippen LogP contribution in [-0.2, 0) is 9.53 Å². The number of rotatable bonds is 4. The molecule has 0 fully saturated rings. The van der Waals surface area contributed by atoms with E-state index in [1.54, 1.807) is 0 Å². The van der Waals surface area contributed by atoms with Crippen LogP contribution in [-0.4, -0.2) is 37.2 Å². The van der Waals surface area contributed by atoms with Crippen LogP contribution in [0.2, 0.25) is 0 Å². The topological polar surface area (TPSA) is 81.4 Å². The summed E-state index contributed by atoms with van der Waals surface area (Å²) >= 11 is 1.42. The van der Waals surface area contributed by atoms with E-state index in [2.05, 4.69) is 10.1 Å². The maximum atomic E-state index is 10.9. The maximum absolute atomic E-state index is 10.9. The Balaban J connectivity index is 4.02. The molecule has 0 aliphatic rings. The molecule has 0 aromatic heterocycles. The van der Waals surface area contributed by atoms with E-state index in [1.807, 2.05) is 6.26 Å². The Labute approximate surface area is 75.0 Å². The summed E-state index contributed by atoms with van der Waals surface area (Å²) in [7, 11) is 1.26. The fourth-order valence-electron chi connectivity index (χ4n) is 0.649. The number of primary amides is 1. The molecule has 0 aliphatic carbocycles.